The average Bonchev–Trinajstić information content (AvgIpc) is 3.16. The first-order valence-corrected chi connectivity index (χ1v) is 7.70. The maximum absolute atomic E-state index is 11.0. The molecule has 2 bridgehead atoms. The first kappa shape index (κ1) is 13.6. The Hall–Kier alpha value is -2.77. The number of aromatic nitrogens is 2. The summed E-state index contributed by atoms with van der Waals surface area (Å²) in [6, 6.07) is 14.4. The Kier molecular flexibility index (Phi) is 2.63. The maximum atomic E-state index is 11.0. The van der Waals surface area contributed by atoms with Gasteiger partial charge in [-0.05, 0) is 6.07 Å². The standard InChI is InChI=1S/C17H13N3O4/c21-20(22)12-6-7-15-14(8-12)18-16-17(11-4-2-1-3-5-11)23-10-13(24-17)9-19(15)16/h1-8,13H,9-10H2. The van der Waals surface area contributed by atoms with Crippen LogP contribution in [0.5, 0.6) is 0 Å². The zero-order chi connectivity index (χ0) is 16.3. The third-order valence-electron chi connectivity index (χ3n) is 4.58. The molecule has 2 aliphatic rings. The minimum Gasteiger partial charge on any atom is -0.337 e. The lowest BCUT2D eigenvalue weighted by molar-refractivity contribution is -0.384. The molecule has 2 unspecified atom stereocenters. The number of rotatable bonds is 2. The summed E-state index contributed by atoms with van der Waals surface area (Å²) in [4.78, 5) is 15.2. The van der Waals surface area contributed by atoms with Crippen LogP contribution in [0, 0.1) is 10.1 Å². The van der Waals surface area contributed by atoms with Crippen LogP contribution in [0.25, 0.3) is 11.0 Å². The van der Waals surface area contributed by atoms with E-state index < -0.39 is 10.7 Å². The first-order valence-electron chi connectivity index (χ1n) is 7.70. The van der Waals surface area contributed by atoms with E-state index in [9.17, 15) is 10.1 Å². The van der Waals surface area contributed by atoms with E-state index in [4.69, 9.17) is 9.47 Å². The molecule has 5 rings (SSSR count). The van der Waals surface area contributed by atoms with Gasteiger partial charge < -0.3 is 14.0 Å². The van der Waals surface area contributed by atoms with Crippen molar-refractivity contribution in [3.8, 4) is 0 Å². The molecule has 1 saturated heterocycles. The molecule has 0 aliphatic carbocycles. The molecule has 7 nitrogen and oxygen atoms in total. The Morgan fingerprint density at radius 3 is 2.88 bits per heavy atom. The summed E-state index contributed by atoms with van der Waals surface area (Å²) in [6.45, 7) is 1.12. The van der Waals surface area contributed by atoms with Gasteiger partial charge in [-0.25, -0.2) is 4.98 Å². The van der Waals surface area contributed by atoms with E-state index in [1.807, 2.05) is 34.9 Å². The van der Waals surface area contributed by atoms with Gasteiger partial charge >= 0.3 is 0 Å². The van der Waals surface area contributed by atoms with Crippen LogP contribution in [0.4, 0.5) is 5.69 Å². The van der Waals surface area contributed by atoms with Crippen molar-refractivity contribution in [2.75, 3.05) is 6.61 Å². The summed E-state index contributed by atoms with van der Waals surface area (Å²) >= 11 is 0. The van der Waals surface area contributed by atoms with Crippen molar-refractivity contribution in [2.24, 2.45) is 0 Å². The fourth-order valence-electron chi connectivity index (χ4n) is 3.53. The molecular formula is C17H13N3O4. The number of hydrogen-bond donors (Lipinski definition) is 0. The fourth-order valence-corrected chi connectivity index (χ4v) is 3.53. The number of nitro groups is 1. The van der Waals surface area contributed by atoms with Gasteiger partial charge in [-0.3, -0.25) is 10.1 Å². The SMILES string of the molecule is O=[N+]([O-])c1ccc2c(c1)nc1n2CC2COC1(c1ccccc1)O2. The normalized spacial score (nSPS) is 24.9. The van der Waals surface area contributed by atoms with Crippen molar-refractivity contribution >= 4 is 16.7 Å². The Bertz CT molecular complexity index is 969. The summed E-state index contributed by atoms with van der Waals surface area (Å²) in [7, 11) is 0. The third kappa shape index (κ3) is 1.70. The van der Waals surface area contributed by atoms with Gasteiger partial charge in [0.15, 0.2) is 5.82 Å². The quantitative estimate of drug-likeness (QED) is 0.535. The Labute approximate surface area is 136 Å². The molecule has 1 aromatic heterocycles. The predicted octanol–water partition coefficient (Wildman–Crippen LogP) is 2.57. The van der Waals surface area contributed by atoms with Crippen LogP contribution in [0.3, 0.4) is 0 Å². The number of nitro benzene ring substituents is 1. The number of ether oxygens (including phenoxy) is 2. The minimum absolute atomic E-state index is 0.0266. The highest BCUT2D eigenvalue weighted by Crippen LogP contribution is 2.45. The number of fused-ring (bicyclic) bond motifs is 6. The largest absolute Gasteiger partial charge is 0.337 e. The number of imidazole rings is 1. The summed E-state index contributed by atoms with van der Waals surface area (Å²) in [5.41, 5.74) is 2.33. The molecule has 2 atom stereocenters. The van der Waals surface area contributed by atoms with Crippen molar-refractivity contribution in [3.05, 3.63) is 70.0 Å². The van der Waals surface area contributed by atoms with E-state index in [1.165, 1.54) is 12.1 Å². The van der Waals surface area contributed by atoms with Gasteiger partial charge in [-0.1, -0.05) is 30.3 Å². The van der Waals surface area contributed by atoms with Crippen molar-refractivity contribution in [2.45, 2.75) is 18.4 Å². The van der Waals surface area contributed by atoms with Crippen LogP contribution in [-0.4, -0.2) is 27.2 Å². The lowest BCUT2D eigenvalue weighted by atomic mass is 10.0. The Morgan fingerprint density at radius 1 is 1.25 bits per heavy atom. The molecule has 0 amide bonds. The molecule has 120 valence electrons. The zero-order valence-electron chi connectivity index (χ0n) is 12.6. The van der Waals surface area contributed by atoms with Gasteiger partial charge in [0.2, 0.25) is 0 Å². The number of nitrogens with zero attached hydrogens (tertiary/aromatic N) is 3. The number of non-ortho nitro benzene ring substituents is 1. The molecule has 3 aromatic rings. The second-order valence-corrected chi connectivity index (χ2v) is 6.01. The van der Waals surface area contributed by atoms with Crippen LogP contribution in [-0.2, 0) is 21.8 Å². The van der Waals surface area contributed by atoms with Gasteiger partial charge in [0.1, 0.15) is 6.10 Å². The van der Waals surface area contributed by atoms with Crippen molar-refractivity contribution in [1.29, 1.82) is 0 Å². The maximum Gasteiger partial charge on any atom is 0.271 e. The summed E-state index contributed by atoms with van der Waals surface area (Å²) in [5.74, 6) is -0.407. The monoisotopic (exact) mass is 323 g/mol. The fraction of sp³-hybridized carbons (Fsp3) is 0.235. The molecule has 2 aromatic carbocycles. The Balaban J connectivity index is 1.77. The molecule has 0 radical (unpaired) electrons. The van der Waals surface area contributed by atoms with Crippen LogP contribution >= 0.6 is 0 Å². The average molecular weight is 323 g/mol. The van der Waals surface area contributed by atoms with Crippen molar-refractivity contribution < 1.29 is 14.4 Å². The molecular weight excluding hydrogens is 310 g/mol. The minimum atomic E-state index is -1.04. The van der Waals surface area contributed by atoms with Gasteiger partial charge in [-0.15, -0.1) is 0 Å². The van der Waals surface area contributed by atoms with Crippen LogP contribution in [0.1, 0.15) is 11.4 Å². The summed E-state index contributed by atoms with van der Waals surface area (Å²) in [6.07, 6.45) is -0.0645. The van der Waals surface area contributed by atoms with Crippen LogP contribution in [0.15, 0.2) is 48.5 Å². The van der Waals surface area contributed by atoms with Gasteiger partial charge in [0.25, 0.3) is 11.5 Å². The second kappa shape index (κ2) is 4.62. The second-order valence-electron chi connectivity index (χ2n) is 6.01. The van der Waals surface area contributed by atoms with Crippen molar-refractivity contribution in [1.82, 2.24) is 9.55 Å². The van der Waals surface area contributed by atoms with E-state index in [1.54, 1.807) is 6.07 Å². The lowest BCUT2D eigenvalue weighted by Crippen LogP contribution is -2.38. The topological polar surface area (TPSA) is 79.4 Å². The molecule has 1 fully saturated rings. The predicted molar refractivity (Wildman–Crippen MR) is 84.4 cm³/mol. The first-order chi connectivity index (χ1) is 11.7. The van der Waals surface area contributed by atoms with Crippen LogP contribution in [0.2, 0.25) is 0 Å². The van der Waals surface area contributed by atoms with Crippen molar-refractivity contribution in [3.63, 3.8) is 0 Å². The summed E-state index contributed by atoms with van der Waals surface area (Å²) < 4.78 is 14.3. The zero-order valence-corrected chi connectivity index (χ0v) is 12.6. The highest BCUT2D eigenvalue weighted by atomic mass is 16.7. The van der Waals surface area contributed by atoms with E-state index in [-0.39, 0.29) is 11.8 Å². The van der Waals surface area contributed by atoms with E-state index >= 15 is 0 Å². The highest BCUT2D eigenvalue weighted by molar-refractivity contribution is 5.79. The molecule has 0 saturated carbocycles. The molecule has 3 heterocycles. The van der Waals surface area contributed by atoms with E-state index in [0.29, 0.717) is 24.5 Å². The number of benzene rings is 2. The summed E-state index contributed by atoms with van der Waals surface area (Å²) in [5, 5.41) is 11.0. The molecule has 7 heteroatoms. The van der Waals surface area contributed by atoms with E-state index in [0.717, 1.165) is 11.1 Å². The van der Waals surface area contributed by atoms with Gasteiger partial charge in [0, 0.05) is 17.7 Å². The molecule has 0 spiro atoms. The Morgan fingerprint density at radius 2 is 2.08 bits per heavy atom. The van der Waals surface area contributed by atoms with Gasteiger partial charge in [0.05, 0.1) is 29.1 Å². The lowest BCUT2D eigenvalue weighted by Gasteiger charge is -2.32. The highest BCUT2D eigenvalue weighted by Gasteiger charge is 2.52. The van der Waals surface area contributed by atoms with Gasteiger partial charge in [-0.2, -0.15) is 0 Å². The smallest absolute Gasteiger partial charge is 0.271 e. The molecule has 2 aliphatic heterocycles. The third-order valence-corrected chi connectivity index (χ3v) is 4.58. The number of hydrogen-bond acceptors (Lipinski definition) is 5. The molecule has 0 N–H and O–H groups in total. The molecule has 24 heavy (non-hydrogen) atoms. The van der Waals surface area contributed by atoms with Crippen LogP contribution < -0.4 is 0 Å². The van der Waals surface area contributed by atoms with E-state index in [2.05, 4.69) is 4.98 Å².